The first-order chi connectivity index (χ1) is 28.5. The molecule has 0 fully saturated rings. The van der Waals surface area contributed by atoms with Gasteiger partial charge in [0.25, 0.3) is 0 Å². The van der Waals surface area contributed by atoms with Crippen LogP contribution < -0.4 is 0 Å². The van der Waals surface area contributed by atoms with Crippen LogP contribution in [0.25, 0.3) is 67.3 Å². The molecule has 0 saturated carbocycles. The lowest BCUT2D eigenvalue weighted by molar-refractivity contribution is 0.563. The molecule has 2 aliphatic carbocycles. The minimum Gasteiger partial charge on any atom is -0.228 e. The molecule has 0 N–H and O–H groups in total. The van der Waals surface area contributed by atoms with Gasteiger partial charge in [0.2, 0.25) is 0 Å². The van der Waals surface area contributed by atoms with Gasteiger partial charge in [-0.05, 0) is 72.8 Å². The van der Waals surface area contributed by atoms with Crippen LogP contribution in [0.15, 0.2) is 206 Å². The van der Waals surface area contributed by atoms with Crippen molar-refractivity contribution in [3.05, 3.63) is 240 Å². The highest BCUT2D eigenvalue weighted by Gasteiger charge is 2.53. The van der Waals surface area contributed by atoms with E-state index in [0.717, 1.165) is 39.5 Å². The number of hydrogen-bond donors (Lipinski definition) is 0. The predicted octanol–water partition coefficient (Wildman–Crippen LogP) is 13.8. The summed E-state index contributed by atoms with van der Waals surface area (Å²) in [4.78, 5) is 10.0. The van der Waals surface area contributed by atoms with E-state index in [4.69, 9.17) is 9.97 Å². The van der Waals surface area contributed by atoms with Crippen LogP contribution in [-0.4, -0.2) is 9.97 Å². The van der Waals surface area contributed by atoms with Gasteiger partial charge in [-0.3, -0.25) is 0 Å². The molecule has 8 aromatic carbocycles. The lowest BCUT2D eigenvalue weighted by Crippen LogP contribution is -2.40. The molecule has 1 spiro atoms. The van der Waals surface area contributed by atoms with Crippen LogP contribution in [-0.2, 0) is 10.8 Å². The summed E-state index contributed by atoms with van der Waals surface area (Å²) < 4.78 is 0. The molecular weight excluding hydrogens is 701 g/mol. The molecule has 1 aromatic heterocycles. The number of fused-ring (bicyclic) bond motifs is 9. The summed E-state index contributed by atoms with van der Waals surface area (Å²) in [6.07, 6.45) is 0. The first-order valence-electron chi connectivity index (χ1n) is 20.2. The van der Waals surface area contributed by atoms with Crippen LogP contribution in [0, 0.1) is 0 Å². The SMILES string of the molecule is CC1(C)c2ccccc2C2(c3ccccc3-c3c(-c4ccc(-c5ccc(-c6cc(-c7ccccc7)nc(-c7ccccc7)n6)cc5)cc4)cccc32)c2ccccc21. The third-order valence-electron chi connectivity index (χ3n) is 12.6. The Morgan fingerprint density at radius 2 is 0.724 bits per heavy atom. The second-order valence-corrected chi connectivity index (χ2v) is 16.1. The van der Waals surface area contributed by atoms with Crippen LogP contribution in [0.5, 0.6) is 0 Å². The smallest absolute Gasteiger partial charge is 0.160 e. The van der Waals surface area contributed by atoms with Gasteiger partial charge in [-0.2, -0.15) is 0 Å². The summed E-state index contributed by atoms with van der Waals surface area (Å²) in [5, 5.41) is 0. The quantitative estimate of drug-likeness (QED) is 0.176. The monoisotopic (exact) mass is 740 g/mol. The van der Waals surface area contributed by atoms with Gasteiger partial charge >= 0.3 is 0 Å². The predicted molar refractivity (Wildman–Crippen MR) is 239 cm³/mol. The van der Waals surface area contributed by atoms with Gasteiger partial charge in [-0.25, -0.2) is 9.97 Å². The Balaban J connectivity index is 0.983. The number of hydrogen-bond acceptors (Lipinski definition) is 2. The van der Waals surface area contributed by atoms with Crippen molar-refractivity contribution in [3.63, 3.8) is 0 Å². The zero-order chi connectivity index (χ0) is 38.8. The van der Waals surface area contributed by atoms with Gasteiger partial charge in [0.15, 0.2) is 5.82 Å². The Labute approximate surface area is 340 Å². The van der Waals surface area contributed by atoms with Crippen LogP contribution in [0.3, 0.4) is 0 Å². The second kappa shape index (κ2) is 13.2. The van der Waals surface area contributed by atoms with Crippen molar-refractivity contribution in [2.45, 2.75) is 24.7 Å². The fourth-order valence-electron chi connectivity index (χ4n) is 9.89. The van der Waals surface area contributed by atoms with Crippen molar-refractivity contribution in [2.75, 3.05) is 0 Å². The maximum Gasteiger partial charge on any atom is 0.160 e. The Kier molecular flexibility index (Phi) is 7.78. The maximum atomic E-state index is 5.04. The summed E-state index contributed by atoms with van der Waals surface area (Å²) in [7, 11) is 0. The molecule has 9 aromatic rings. The molecule has 2 nitrogen and oxygen atoms in total. The van der Waals surface area contributed by atoms with Gasteiger partial charge in [-0.1, -0.05) is 214 Å². The van der Waals surface area contributed by atoms with Gasteiger partial charge in [0, 0.05) is 22.1 Å². The number of rotatable bonds is 5. The van der Waals surface area contributed by atoms with Crippen LogP contribution in [0.1, 0.15) is 47.2 Å². The fraction of sp³-hybridized carbons (Fsp3) is 0.0714. The second-order valence-electron chi connectivity index (χ2n) is 16.1. The minimum atomic E-state index is -0.403. The Morgan fingerprint density at radius 1 is 0.310 bits per heavy atom. The Bertz CT molecular complexity index is 2890. The topological polar surface area (TPSA) is 25.8 Å². The van der Waals surface area contributed by atoms with Crippen molar-refractivity contribution in [1.29, 1.82) is 0 Å². The summed E-state index contributed by atoms with van der Waals surface area (Å²) >= 11 is 0. The van der Waals surface area contributed by atoms with Crippen molar-refractivity contribution < 1.29 is 0 Å². The number of aromatic nitrogens is 2. The third-order valence-corrected chi connectivity index (χ3v) is 12.6. The highest BCUT2D eigenvalue weighted by molar-refractivity contribution is 5.96. The largest absolute Gasteiger partial charge is 0.228 e. The molecule has 2 aliphatic rings. The summed E-state index contributed by atoms with van der Waals surface area (Å²) in [5.74, 6) is 0.721. The molecule has 0 bridgehead atoms. The summed E-state index contributed by atoms with van der Waals surface area (Å²) in [5.41, 5.74) is 20.1. The number of nitrogens with zero attached hydrogens (tertiary/aromatic N) is 2. The van der Waals surface area contributed by atoms with E-state index in [9.17, 15) is 0 Å². The van der Waals surface area contributed by atoms with E-state index in [1.165, 1.54) is 61.2 Å². The Hall–Kier alpha value is -7.16. The van der Waals surface area contributed by atoms with Crippen molar-refractivity contribution in [1.82, 2.24) is 9.97 Å². The molecule has 0 saturated heterocycles. The first-order valence-corrected chi connectivity index (χ1v) is 20.2. The molecule has 2 heteroatoms. The minimum absolute atomic E-state index is 0.118. The van der Waals surface area contributed by atoms with Crippen molar-refractivity contribution in [2.24, 2.45) is 0 Å². The lowest BCUT2D eigenvalue weighted by atomic mass is 9.55. The molecule has 0 amide bonds. The normalized spacial score (nSPS) is 14.0. The number of benzene rings is 8. The van der Waals surface area contributed by atoms with E-state index in [1.54, 1.807) is 0 Å². The highest BCUT2D eigenvalue weighted by Crippen LogP contribution is 2.63. The maximum absolute atomic E-state index is 5.04. The summed E-state index contributed by atoms with van der Waals surface area (Å²) in [6.45, 7) is 4.76. The van der Waals surface area contributed by atoms with E-state index >= 15 is 0 Å². The van der Waals surface area contributed by atoms with Crippen LogP contribution >= 0.6 is 0 Å². The molecule has 1 heterocycles. The van der Waals surface area contributed by atoms with E-state index in [2.05, 4.69) is 196 Å². The Morgan fingerprint density at radius 3 is 1.31 bits per heavy atom. The fourth-order valence-corrected chi connectivity index (χ4v) is 9.89. The molecule has 58 heavy (non-hydrogen) atoms. The van der Waals surface area contributed by atoms with Crippen molar-refractivity contribution in [3.8, 4) is 67.3 Å². The first kappa shape index (κ1) is 34.1. The highest BCUT2D eigenvalue weighted by atomic mass is 14.9. The molecule has 11 rings (SSSR count). The lowest BCUT2D eigenvalue weighted by Gasteiger charge is -2.46. The van der Waals surface area contributed by atoms with E-state index in [-0.39, 0.29) is 5.41 Å². The van der Waals surface area contributed by atoms with Crippen LogP contribution in [0.4, 0.5) is 0 Å². The molecule has 0 atom stereocenters. The summed E-state index contributed by atoms with van der Waals surface area (Å²) in [6, 6.07) is 74.9. The third kappa shape index (κ3) is 5.11. The van der Waals surface area contributed by atoms with E-state index in [0.29, 0.717) is 0 Å². The van der Waals surface area contributed by atoms with Gasteiger partial charge < -0.3 is 0 Å². The molecule has 0 unspecified atom stereocenters. The van der Waals surface area contributed by atoms with Gasteiger partial charge in [-0.15, -0.1) is 0 Å². The van der Waals surface area contributed by atoms with Gasteiger partial charge in [0.1, 0.15) is 0 Å². The zero-order valence-electron chi connectivity index (χ0n) is 32.5. The van der Waals surface area contributed by atoms with Crippen LogP contribution in [0.2, 0.25) is 0 Å². The van der Waals surface area contributed by atoms with Gasteiger partial charge in [0.05, 0.1) is 16.8 Å². The zero-order valence-corrected chi connectivity index (χ0v) is 32.5. The van der Waals surface area contributed by atoms with E-state index in [1.807, 2.05) is 24.3 Å². The molecule has 0 radical (unpaired) electrons. The van der Waals surface area contributed by atoms with E-state index < -0.39 is 5.41 Å². The molecular formula is C56H40N2. The average molecular weight is 741 g/mol. The average Bonchev–Trinajstić information content (AvgIpc) is 3.60. The van der Waals surface area contributed by atoms with Crippen molar-refractivity contribution >= 4 is 0 Å². The standard InChI is InChI=1S/C56H40N2/c1-55(2)46-23-11-13-25-48(46)56(49-26-14-12-24-47(49)55)45-22-10-9-20-44(45)53-43(21-15-27-50(53)56)39-32-28-37(29-33-39)38-30-34-41(35-31-38)52-36-51(40-16-5-3-6-17-40)57-54(58-52)42-18-7-4-8-19-42/h3-36H,1-2H3. The molecule has 274 valence electrons. The molecule has 0 aliphatic heterocycles.